The van der Waals surface area contributed by atoms with Crippen LogP contribution in [0.3, 0.4) is 0 Å². The third-order valence-corrected chi connectivity index (χ3v) is 9.09. The van der Waals surface area contributed by atoms with Crippen molar-refractivity contribution in [2.45, 2.75) is 62.6 Å². The van der Waals surface area contributed by atoms with Gasteiger partial charge in [0.15, 0.2) is 9.84 Å². The molecule has 1 aliphatic heterocycles. The van der Waals surface area contributed by atoms with Crippen LogP contribution in [-0.4, -0.2) is 58.7 Å². The molecule has 0 saturated heterocycles. The smallest absolute Gasteiger partial charge is 0.416 e. The number of alkyl halides is 6. The molecule has 1 aliphatic rings. The van der Waals surface area contributed by atoms with Crippen molar-refractivity contribution in [3.63, 3.8) is 0 Å². The van der Waals surface area contributed by atoms with Gasteiger partial charge in [-0.1, -0.05) is 12.1 Å². The lowest BCUT2D eigenvalue weighted by Gasteiger charge is -2.35. The van der Waals surface area contributed by atoms with Gasteiger partial charge in [-0.15, -0.1) is 0 Å². The molecule has 0 fully saturated rings. The van der Waals surface area contributed by atoms with E-state index >= 15 is 0 Å². The number of esters is 1. The summed E-state index contributed by atoms with van der Waals surface area (Å²) in [5, 5.41) is 0. The van der Waals surface area contributed by atoms with E-state index in [0.717, 1.165) is 12.1 Å². The van der Waals surface area contributed by atoms with E-state index in [1.807, 2.05) is 0 Å². The molecule has 2 aromatic carbocycles. The minimum absolute atomic E-state index is 0.198. The van der Waals surface area contributed by atoms with Gasteiger partial charge < -0.3 is 9.47 Å². The fourth-order valence-corrected chi connectivity index (χ4v) is 6.92. The highest BCUT2D eigenvalue weighted by Crippen LogP contribution is 2.39. The summed E-state index contributed by atoms with van der Waals surface area (Å²) >= 11 is 0. The van der Waals surface area contributed by atoms with Crippen molar-refractivity contribution in [2.24, 2.45) is 0 Å². The largest absolute Gasteiger partial charge is 0.485 e. The molecular formula is C25H27F6NO7S2. The molecule has 0 aliphatic carbocycles. The number of sulfonamides is 1. The Bertz CT molecular complexity index is 1500. The lowest BCUT2D eigenvalue weighted by molar-refractivity contribution is -0.154. The number of nitrogens with zero attached hydrogens (tertiary/aromatic N) is 1. The first-order valence-electron chi connectivity index (χ1n) is 12.0. The first kappa shape index (κ1) is 32.5. The summed E-state index contributed by atoms with van der Waals surface area (Å²) in [5.41, 5.74) is -2.02. The van der Waals surface area contributed by atoms with E-state index in [-0.39, 0.29) is 23.4 Å². The molecule has 228 valence electrons. The summed E-state index contributed by atoms with van der Waals surface area (Å²) in [6.07, 6.45) is -13.0. The maximum atomic E-state index is 13.6. The van der Waals surface area contributed by atoms with Gasteiger partial charge in [-0.3, -0.25) is 9.10 Å². The first-order valence-corrected chi connectivity index (χ1v) is 15.3. The molecule has 0 aromatic heterocycles. The van der Waals surface area contributed by atoms with Gasteiger partial charge in [-0.05, 0) is 56.7 Å². The third-order valence-electron chi connectivity index (χ3n) is 5.61. The van der Waals surface area contributed by atoms with E-state index in [1.165, 1.54) is 18.2 Å². The Hall–Kier alpha value is -3.01. The van der Waals surface area contributed by atoms with Crippen LogP contribution in [0, 0.1) is 0 Å². The van der Waals surface area contributed by atoms with E-state index in [1.54, 1.807) is 20.8 Å². The second-order valence-electron chi connectivity index (χ2n) is 10.3. The molecule has 16 heteroatoms. The molecule has 8 nitrogen and oxygen atoms in total. The van der Waals surface area contributed by atoms with Gasteiger partial charge in [0.05, 0.1) is 47.0 Å². The number of carbonyl (C=O) groups excluding carboxylic acids is 1. The molecule has 0 N–H and O–H groups in total. The van der Waals surface area contributed by atoms with Gasteiger partial charge in [0.1, 0.15) is 17.5 Å². The van der Waals surface area contributed by atoms with Gasteiger partial charge in [0.2, 0.25) is 0 Å². The molecule has 2 aromatic rings. The number of carbonyl (C=O) groups is 1. The second-order valence-corrected chi connectivity index (χ2v) is 14.4. The number of hydrogen-bond acceptors (Lipinski definition) is 7. The highest BCUT2D eigenvalue weighted by atomic mass is 32.2. The predicted octanol–water partition coefficient (Wildman–Crippen LogP) is 4.91. The maximum Gasteiger partial charge on any atom is 0.416 e. The van der Waals surface area contributed by atoms with Gasteiger partial charge in [-0.25, -0.2) is 16.8 Å². The average Bonchev–Trinajstić information content (AvgIpc) is 2.80. The number of sulfone groups is 1. The van der Waals surface area contributed by atoms with E-state index in [0.29, 0.717) is 16.4 Å². The van der Waals surface area contributed by atoms with Crippen LogP contribution < -0.4 is 9.04 Å². The zero-order valence-corrected chi connectivity index (χ0v) is 23.7. The molecule has 3 rings (SSSR count). The Kier molecular flexibility index (Phi) is 8.99. The number of anilines is 1. The Morgan fingerprint density at radius 2 is 1.66 bits per heavy atom. The van der Waals surface area contributed by atoms with E-state index in [2.05, 4.69) is 0 Å². The van der Waals surface area contributed by atoms with Crippen molar-refractivity contribution >= 4 is 31.5 Å². The highest BCUT2D eigenvalue weighted by Gasteiger charge is 2.39. The number of fused-ring (bicyclic) bond motifs is 1. The Labute approximate surface area is 233 Å². The van der Waals surface area contributed by atoms with Crippen molar-refractivity contribution in [1.82, 2.24) is 0 Å². The van der Waals surface area contributed by atoms with Crippen LogP contribution in [0.15, 0.2) is 47.4 Å². The topological polar surface area (TPSA) is 107 Å². The summed E-state index contributed by atoms with van der Waals surface area (Å²) < 4.78 is 141. The van der Waals surface area contributed by atoms with Crippen LogP contribution in [-0.2, 0) is 42.0 Å². The number of ether oxygens (including phenoxy) is 2. The van der Waals surface area contributed by atoms with E-state index in [9.17, 15) is 48.0 Å². The molecule has 0 bridgehead atoms. The fourth-order valence-electron chi connectivity index (χ4n) is 3.92. The van der Waals surface area contributed by atoms with Crippen molar-refractivity contribution in [1.29, 1.82) is 0 Å². The second kappa shape index (κ2) is 11.3. The minimum atomic E-state index is -4.87. The van der Waals surface area contributed by atoms with Gasteiger partial charge in [-0.2, -0.15) is 26.3 Å². The molecule has 41 heavy (non-hydrogen) atoms. The standard InChI is InChI=1S/C25H27F6NO7S2/c1-23(2,3)39-22(33)12-16-7-8-21-20(11-16)32(14-18(38-21)15-40(34,35)10-9-24(26,27)28)41(36,37)19-6-4-5-17(13-19)25(29,30)31/h4-8,11,13,18H,9-10,12,14-15H2,1-3H3/t18-/m1/s1. The van der Waals surface area contributed by atoms with Crippen LogP contribution in [0.2, 0.25) is 0 Å². The van der Waals surface area contributed by atoms with Gasteiger partial charge in [0.25, 0.3) is 10.0 Å². The average molecular weight is 632 g/mol. The summed E-state index contributed by atoms with van der Waals surface area (Å²) in [5.74, 6) is -3.11. The quantitative estimate of drug-likeness (QED) is 0.301. The van der Waals surface area contributed by atoms with Crippen molar-refractivity contribution in [3.05, 3.63) is 53.6 Å². The number of benzene rings is 2. The molecule has 0 spiro atoms. The number of halogens is 6. The number of hydrogen-bond donors (Lipinski definition) is 0. The summed E-state index contributed by atoms with van der Waals surface area (Å²) in [4.78, 5) is 11.6. The summed E-state index contributed by atoms with van der Waals surface area (Å²) in [6, 6.07) is 6.72. The van der Waals surface area contributed by atoms with Crippen LogP contribution in [0.4, 0.5) is 32.0 Å². The maximum absolute atomic E-state index is 13.6. The van der Waals surface area contributed by atoms with Crippen molar-refractivity contribution < 1.29 is 57.4 Å². The molecule has 1 heterocycles. The van der Waals surface area contributed by atoms with Gasteiger partial charge >= 0.3 is 18.3 Å². The molecule has 1 atom stereocenters. The summed E-state index contributed by atoms with van der Waals surface area (Å²) in [7, 11) is -9.19. The van der Waals surface area contributed by atoms with Crippen LogP contribution in [0.25, 0.3) is 0 Å². The Balaban J connectivity index is 2.03. The highest BCUT2D eigenvalue weighted by molar-refractivity contribution is 7.93. The monoisotopic (exact) mass is 631 g/mol. The Morgan fingerprint density at radius 3 is 2.24 bits per heavy atom. The first-order chi connectivity index (χ1) is 18.6. The molecule has 0 radical (unpaired) electrons. The zero-order valence-electron chi connectivity index (χ0n) is 22.0. The predicted molar refractivity (Wildman–Crippen MR) is 136 cm³/mol. The molecular weight excluding hydrogens is 604 g/mol. The zero-order chi connectivity index (χ0) is 31.0. The Morgan fingerprint density at radius 1 is 1.00 bits per heavy atom. The fraction of sp³-hybridized carbons (Fsp3) is 0.480. The van der Waals surface area contributed by atoms with Crippen LogP contribution in [0.5, 0.6) is 5.75 Å². The molecule has 0 amide bonds. The minimum Gasteiger partial charge on any atom is -0.485 e. The van der Waals surface area contributed by atoms with Crippen LogP contribution in [0.1, 0.15) is 38.3 Å². The normalized spacial score (nSPS) is 16.6. The summed E-state index contributed by atoms with van der Waals surface area (Å²) in [6.45, 7) is 4.17. The van der Waals surface area contributed by atoms with Crippen molar-refractivity contribution in [2.75, 3.05) is 22.4 Å². The molecule has 0 saturated carbocycles. The van der Waals surface area contributed by atoms with Crippen molar-refractivity contribution in [3.8, 4) is 5.75 Å². The SMILES string of the molecule is CC(C)(C)OC(=O)Cc1ccc2c(c1)N(S(=O)(=O)c1cccc(C(F)(F)F)c1)C[C@H](CS(=O)(=O)CCC(F)(F)F)O2. The van der Waals surface area contributed by atoms with Gasteiger partial charge in [0, 0.05) is 0 Å². The third kappa shape index (κ3) is 8.99. The lowest BCUT2D eigenvalue weighted by Crippen LogP contribution is -2.46. The van der Waals surface area contributed by atoms with E-state index < -0.39 is 84.8 Å². The number of rotatable bonds is 8. The van der Waals surface area contributed by atoms with E-state index in [4.69, 9.17) is 9.47 Å². The molecule has 0 unspecified atom stereocenters. The lowest BCUT2D eigenvalue weighted by atomic mass is 10.1. The van der Waals surface area contributed by atoms with Crippen LogP contribution >= 0.6 is 0 Å².